The Bertz CT molecular complexity index is 1090. The molecule has 6 nitrogen and oxygen atoms in total. The van der Waals surface area contributed by atoms with E-state index in [1.54, 1.807) is 67.8 Å². The number of hydrogen-bond donors (Lipinski definition) is 0. The second kappa shape index (κ2) is 8.36. The van der Waals surface area contributed by atoms with E-state index in [1.807, 2.05) is 6.92 Å². The largest absolute Gasteiger partial charge is 0.497 e. The topological polar surface area (TPSA) is 72.9 Å². The number of nitrogens with zero attached hydrogens (tertiary/aromatic N) is 1. The zero-order valence-electron chi connectivity index (χ0n) is 16.3. The molecule has 0 aliphatic heterocycles. The molecule has 29 heavy (non-hydrogen) atoms. The van der Waals surface area contributed by atoms with Gasteiger partial charge in [0.1, 0.15) is 11.5 Å². The highest BCUT2D eigenvalue weighted by atomic mass is 32.2. The Balaban J connectivity index is 1.74. The molecular formula is C22H21NO5S. The molecule has 0 radical (unpaired) electrons. The lowest BCUT2D eigenvalue weighted by Gasteiger charge is -2.19. The molecule has 0 fully saturated rings. The third kappa shape index (κ3) is 4.57. The van der Waals surface area contributed by atoms with E-state index in [0.717, 1.165) is 5.56 Å². The van der Waals surface area contributed by atoms with Crippen molar-refractivity contribution in [3.8, 4) is 11.5 Å². The van der Waals surface area contributed by atoms with Crippen molar-refractivity contribution >= 4 is 21.7 Å². The molecule has 0 aromatic heterocycles. The van der Waals surface area contributed by atoms with Crippen molar-refractivity contribution in [3.05, 3.63) is 83.9 Å². The number of rotatable bonds is 6. The summed E-state index contributed by atoms with van der Waals surface area (Å²) in [5.41, 5.74) is 1.73. The Morgan fingerprint density at radius 3 is 1.93 bits per heavy atom. The Morgan fingerprint density at radius 1 is 0.828 bits per heavy atom. The van der Waals surface area contributed by atoms with E-state index >= 15 is 0 Å². The summed E-state index contributed by atoms with van der Waals surface area (Å²) in [5.74, 6) is 0.511. The van der Waals surface area contributed by atoms with Crippen molar-refractivity contribution in [1.29, 1.82) is 0 Å². The van der Waals surface area contributed by atoms with Crippen molar-refractivity contribution in [1.82, 2.24) is 0 Å². The Morgan fingerprint density at radius 2 is 1.38 bits per heavy atom. The number of anilines is 1. The first-order valence-corrected chi connectivity index (χ1v) is 10.3. The van der Waals surface area contributed by atoms with Crippen molar-refractivity contribution in [3.63, 3.8) is 0 Å². The van der Waals surface area contributed by atoms with Gasteiger partial charge in [-0.05, 0) is 67.6 Å². The lowest BCUT2D eigenvalue weighted by Crippen LogP contribution is -2.26. The van der Waals surface area contributed by atoms with Crippen LogP contribution in [0.25, 0.3) is 0 Å². The van der Waals surface area contributed by atoms with Crippen LogP contribution in [0.15, 0.2) is 77.7 Å². The number of aryl methyl sites for hydroxylation is 1. The normalized spacial score (nSPS) is 11.0. The van der Waals surface area contributed by atoms with Gasteiger partial charge in [0.05, 0.1) is 23.3 Å². The van der Waals surface area contributed by atoms with Crippen LogP contribution in [0.4, 0.5) is 5.69 Å². The number of ether oxygens (including phenoxy) is 2. The van der Waals surface area contributed by atoms with Gasteiger partial charge < -0.3 is 9.47 Å². The molecule has 3 aromatic rings. The average molecular weight is 411 g/mol. The first kappa shape index (κ1) is 20.4. The fourth-order valence-electron chi connectivity index (χ4n) is 2.62. The van der Waals surface area contributed by atoms with Crippen LogP contribution in [0.3, 0.4) is 0 Å². The minimum Gasteiger partial charge on any atom is -0.497 e. The van der Waals surface area contributed by atoms with Crippen LogP contribution in [-0.2, 0) is 10.0 Å². The van der Waals surface area contributed by atoms with Gasteiger partial charge in [-0.1, -0.05) is 17.7 Å². The van der Waals surface area contributed by atoms with Gasteiger partial charge in [0, 0.05) is 7.05 Å². The first-order valence-electron chi connectivity index (χ1n) is 8.83. The Kier molecular flexibility index (Phi) is 5.89. The van der Waals surface area contributed by atoms with Gasteiger partial charge in [0.2, 0.25) is 0 Å². The minimum atomic E-state index is -3.69. The summed E-state index contributed by atoms with van der Waals surface area (Å²) < 4.78 is 37.1. The molecule has 0 bridgehead atoms. The maximum Gasteiger partial charge on any atom is 0.343 e. The molecule has 3 aromatic carbocycles. The molecule has 150 valence electrons. The van der Waals surface area contributed by atoms with Crippen LogP contribution < -0.4 is 13.8 Å². The van der Waals surface area contributed by atoms with Gasteiger partial charge in [0.25, 0.3) is 10.0 Å². The molecule has 0 saturated carbocycles. The van der Waals surface area contributed by atoms with E-state index in [9.17, 15) is 13.2 Å². The zero-order chi connectivity index (χ0) is 21.0. The lowest BCUT2D eigenvalue weighted by atomic mass is 10.2. The van der Waals surface area contributed by atoms with E-state index < -0.39 is 16.0 Å². The van der Waals surface area contributed by atoms with E-state index in [4.69, 9.17) is 9.47 Å². The van der Waals surface area contributed by atoms with Crippen molar-refractivity contribution < 1.29 is 22.7 Å². The van der Waals surface area contributed by atoms with E-state index in [2.05, 4.69) is 0 Å². The van der Waals surface area contributed by atoms with Gasteiger partial charge in [-0.25, -0.2) is 13.2 Å². The monoisotopic (exact) mass is 411 g/mol. The molecule has 0 spiro atoms. The highest BCUT2D eigenvalue weighted by Crippen LogP contribution is 2.23. The van der Waals surface area contributed by atoms with Crippen molar-refractivity contribution in [2.45, 2.75) is 11.8 Å². The SMILES string of the molecule is COc1ccc(OC(=O)c2ccc(N(C)S(=O)(=O)c3ccc(C)cc3)cc2)cc1. The smallest absolute Gasteiger partial charge is 0.343 e. The van der Waals surface area contributed by atoms with Gasteiger partial charge in [0.15, 0.2) is 0 Å². The molecule has 0 atom stereocenters. The molecule has 0 heterocycles. The summed E-state index contributed by atoms with van der Waals surface area (Å²) in [5, 5.41) is 0. The second-order valence-electron chi connectivity index (χ2n) is 6.40. The van der Waals surface area contributed by atoms with Crippen LogP contribution in [0.1, 0.15) is 15.9 Å². The van der Waals surface area contributed by atoms with E-state index in [1.165, 1.54) is 23.5 Å². The maximum atomic E-state index is 12.8. The number of carbonyl (C=O) groups excluding carboxylic acids is 1. The molecule has 0 aliphatic rings. The zero-order valence-corrected chi connectivity index (χ0v) is 17.1. The van der Waals surface area contributed by atoms with Crippen LogP contribution in [0.5, 0.6) is 11.5 Å². The van der Waals surface area contributed by atoms with E-state index in [0.29, 0.717) is 22.7 Å². The number of methoxy groups -OCH3 is 1. The number of hydrogen-bond acceptors (Lipinski definition) is 5. The summed E-state index contributed by atoms with van der Waals surface area (Å²) in [7, 11) is -0.665. The van der Waals surface area contributed by atoms with E-state index in [-0.39, 0.29) is 4.90 Å². The molecule has 7 heteroatoms. The number of esters is 1. The summed E-state index contributed by atoms with van der Waals surface area (Å²) in [6, 6.07) is 19.5. The highest BCUT2D eigenvalue weighted by Gasteiger charge is 2.21. The first-order chi connectivity index (χ1) is 13.8. The predicted octanol–water partition coefficient (Wildman–Crippen LogP) is 4.05. The third-order valence-corrected chi connectivity index (χ3v) is 6.22. The molecule has 0 saturated heterocycles. The average Bonchev–Trinajstić information content (AvgIpc) is 2.74. The fraction of sp³-hybridized carbons (Fsp3) is 0.136. The Labute approximate surface area is 170 Å². The van der Waals surface area contributed by atoms with Crippen LogP contribution in [0.2, 0.25) is 0 Å². The quantitative estimate of drug-likeness (QED) is 0.452. The molecule has 0 amide bonds. The van der Waals surface area contributed by atoms with Gasteiger partial charge in [-0.15, -0.1) is 0 Å². The van der Waals surface area contributed by atoms with Gasteiger partial charge in [-0.2, -0.15) is 0 Å². The maximum absolute atomic E-state index is 12.8. The van der Waals surface area contributed by atoms with Crippen LogP contribution in [-0.4, -0.2) is 28.5 Å². The van der Waals surface area contributed by atoms with Gasteiger partial charge in [-0.3, -0.25) is 4.31 Å². The minimum absolute atomic E-state index is 0.202. The summed E-state index contributed by atoms with van der Waals surface area (Å²) in [4.78, 5) is 12.5. The Hall–Kier alpha value is -3.32. The fourth-order valence-corrected chi connectivity index (χ4v) is 3.82. The molecule has 0 N–H and O–H groups in total. The molecule has 0 aliphatic carbocycles. The molecule has 0 unspecified atom stereocenters. The summed E-state index contributed by atoms with van der Waals surface area (Å²) in [6.07, 6.45) is 0. The number of sulfonamides is 1. The van der Waals surface area contributed by atoms with Crippen LogP contribution in [0, 0.1) is 6.92 Å². The number of benzene rings is 3. The van der Waals surface area contributed by atoms with Crippen molar-refractivity contribution in [2.24, 2.45) is 0 Å². The summed E-state index contributed by atoms with van der Waals surface area (Å²) >= 11 is 0. The van der Waals surface area contributed by atoms with Gasteiger partial charge >= 0.3 is 5.97 Å². The third-order valence-electron chi connectivity index (χ3n) is 4.42. The standard InChI is InChI=1S/C22H21NO5S/c1-16-4-14-21(15-5-16)29(25,26)23(2)18-8-6-17(7-9-18)22(24)28-20-12-10-19(27-3)11-13-20/h4-15H,1-3H3. The second-order valence-corrected chi connectivity index (χ2v) is 8.37. The van der Waals surface area contributed by atoms with Crippen molar-refractivity contribution in [2.75, 3.05) is 18.5 Å². The highest BCUT2D eigenvalue weighted by molar-refractivity contribution is 7.92. The lowest BCUT2D eigenvalue weighted by molar-refractivity contribution is 0.0734. The summed E-state index contributed by atoms with van der Waals surface area (Å²) in [6.45, 7) is 1.89. The molecular weight excluding hydrogens is 390 g/mol. The number of carbonyl (C=O) groups is 1. The predicted molar refractivity (Wildman–Crippen MR) is 111 cm³/mol. The molecule has 3 rings (SSSR count). The van der Waals surface area contributed by atoms with Crippen LogP contribution >= 0.6 is 0 Å².